The van der Waals surface area contributed by atoms with E-state index in [0.29, 0.717) is 28.1 Å². The van der Waals surface area contributed by atoms with E-state index in [1.807, 2.05) is 42.3 Å². The molecule has 176 valence electrons. The highest BCUT2D eigenvalue weighted by molar-refractivity contribution is 6.11. The summed E-state index contributed by atoms with van der Waals surface area (Å²) in [5, 5.41) is 0. The van der Waals surface area contributed by atoms with Crippen molar-refractivity contribution in [1.29, 1.82) is 0 Å². The molecule has 4 aromatic rings. The maximum absolute atomic E-state index is 13.2. The molecule has 7 heteroatoms. The molecule has 0 aliphatic carbocycles. The normalized spacial score (nSPS) is 10.6. The van der Waals surface area contributed by atoms with E-state index in [2.05, 4.69) is 12.1 Å². The third kappa shape index (κ3) is 5.47. The molecule has 0 radical (unpaired) electrons. The largest absolute Gasteiger partial charge is 1.00 e. The molecular formula is C27H27IN2O4. The average molecular weight is 570 g/mol. The molecule has 0 saturated carbocycles. The molecule has 0 unspecified atom stereocenters. The van der Waals surface area contributed by atoms with E-state index in [1.54, 1.807) is 41.8 Å². The van der Waals surface area contributed by atoms with Crippen LogP contribution in [0.5, 0.6) is 5.75 Å². The minimum atomic E-state index is -0.462. The molecule has 1 aromatic carbocycles. The van der Waals surface area contributed by atoms with Crippen LogP contribution >= 0.6 is 0 Å². The van der Waals surface area contributed by atoms with Crippen molar-refractivity contribution in [3.8, 4) is 5.75 Å². The number of methoxy groups -OCH3 is 2. The summed E-state index contributed by atoms with van der Waals surface area (Å²) in [5.41, 5.74) is 4.39. The fourth-order valence-corrected chi connectivity index (χ4v) is 3.93. The summed E-state index contributed by atoms with van der Waals surface area (Å²) in [6, 6.07) is 16.8. The number of ether oxygens (including phenoxy) is 2. The van der Waals surface area contributed by atoms with Crippen molar-refractivity contribution >= 4 is 17.3 Å². The monoisotopic (exact) mass is 570 g/mol. The molecule has 0 amide bonds. The van der Waals surface area contributed by atoms with Crippen LogP contribution in [0.3, 0.4) is 0 Å². The molecule has 3 heterocycles. The number of nitrogens with zero attached hydrogens (tertiary/aromatic N) is 2. The van der Waals surface area contributed by atoms with Gasteiger partial charge in [0.2, 0.25) is 5.78 Å². The van der Waals surface area contributed by atoms with Crippen molar-refractivity contribution in [3.63, 3.8) is 0 Å². The number of pyridine rings is 2. The highest BCUT2D eigenvalue weighted by Gasteiger charge is 2.21. The van der Waals surface area contributed by atoms with Crippen molar-refractivity contribution in [2.45, 2.75) is 19.3 Å². The van der Waals surface area contributed by atoms with E-state index in [1.165, 1.54) is 12.7 Å². The number of fused-ring (bicyclic) bond motifs is 1. The van der Waals surface area contributed by atoms with Crippen molar-refractivity contribution in [1.82, 2.24) is 4.40 Å². The van der Waals surface area contributed by atoms with Gasteiger partial charge in [-0.05, 0) is 72.9 Å². The van der Waals surface area contributed by atoms with Crippen LogP contribution in [0.1, 0.15) is 44.0 Å². The van der Waals surface area contributed by atoms with Crippen molar-refractivity contribution in [2.24, 2.45) is 7.05 Å². The third-order valence-electron chi connectivity index (χ3n) is 5.80. The van der Waals surface area contributed by atoms with Crippen LogP contribution in [0.4, 0.5) is 0 Å². The number of aryl methyl sites for hydroxylation is 3. The zero-order valence-electron chi connectivity index (χ0n) is 19.5. The van der Waals surface area contributed by atoms with Gasteiger partial charge in [0, 0.05) is 23.9 Å². The van der Waals surface area contributed by atoms with Crippen LogP contribution in [0, 0.1) is 0 Å². The second-order valence-corrected chi connectivity index (χ2v) is 8.01. The van der Waals surface area contributed by atoms with Gasteiger partial charge in [-0.3, -0.25) is 4.79 Å². The number of carbonyl (C=O) groups excluding carboxylic acids is 2. The van der Waals surface area contributed by atoms with Crippen LogP contribution in [-0.4, -0.2) is 30.4 Å². The van der Waals surface area contributed by atoms with Crippen LogP contribution in [0.2, 0.25) is 0 Å². The van der Waals surface area contributed by atoms with Gasteiger partial charge in [0.25, 0.3) is 0 Å². The first-order valence-electron chi connectivity index (χ1n) is 10.9. The first-order chi connectivity index (χ1) is 16.0. The summed E-state index contributed by atoms with van der Waals surface area (Å²) >= 11 is 0. The molecule has 0 bridgehead atoms. The Bertz CT molecular complexity index is 1290. The Balaban J connectivity index is 0.00000324. The number of ketones is 1. The van der Waals surface area contributed by atoms with E-state index in [0.717, 1.165) is 24.8 Å². The van der Waals surface area contributed by atoms with E-state index < -0.39 is 5.97 Å². The predicted molar refractivity (Wildman–Crippen MR) is 125 cm³/mol. The van der Waals surface area contributed by atoms with Crippen LogP contribution in [-0.2, 0) is 24.6 Å². The molecule has 3 aromatic heterocycles. The number of rotatable bonds is 8. The molecule has 6 nitrogen and oxygen atoms in total. The highest BCUT2D eigenvalue weighted by atomic mass is 127. The van der Waals surface area contributed by atoms with Gasteiger partial charge in [-0.1, -0.05) is 0 Å². The van der Waals surface area contributed by atoms with Crippen molar-refractivity contribution < 1.29 is 47.6 Å². The SMILES string of the molecule is COC(=O)c1cc(C(=O)c2ccc(OC)cc2)n2ccc(CCCc3cc[n+](C)cc3)cc12.[I-]. The minimum absolute atomic E-state index is 0. The van der Waals surface area contributed by atoms with Gasteiger partial charge in [0.1, 0.15) is 12.8 Å². The Hall–Kier alpha value is -3.20. The lowest BCUT2D eigenvalue weighted by atomic mass is 10.0. The third-order valence-corrected chi connectivity index (χ3v) is 5.80. The number of esters is 1. The number of hydrogen-bond donors (Lipinski definition) is 0. The van der Waals surface area contributed by atoms with Gasteiger partial charge in [0.15, 0.2) is 12.4 Å². The first-order valence-corrected chi connectivity index (χ1v) is 10.9. The zero-order valence-corrected chi connectivity index (χ0v) is 21.6. The maximum Gasteiger partial charge on any atom is 0.340 e. The zero-order chi connectivity index (χ0) is 23.4. The molecular weight excluding hydrogens is 543 g/mol. The van der Waals surface area contributed by atoms with Gasteiger partial charge < -0.3 is 37.9 Å². The summed E-state index contributed by atoms with van der Waals surface area (Å²) in [7, 11) is 4.93. The highest BCUT2D eigenvalue weighted by Crippen LogP contribution is 2.23. The molecule has 0 aliphatic heterocycles. The lowest BCUT2D eigenvalue weighted by Crippen LogP contribution is -3.00. The topological polar surface area (TPSA) is 60.9 Å². The van der Waals surface area contributed by atoms with Crippen molar-refractivity contribution in [3.05, 3.63) is 101 Å². The standard InChI is InChI=1S/C27H27N2O4.HI/c1-28-14-11-19(12-15-28)5-4-6-20-13-16-29-24(17-20)23(27(31)33-3)18-25(29)26(30)21-7-9-22(32-2)10-8-21;/h7-18H,4-6H2,1-3H3;1H/q+1;/p-1. The van der Waals surface area contributed by atoms with Gasteiger partial charge >= 0.3 is 5.97 Å². The lowest BCUT2D eigenvalue weighted by molar-refractivity contribution is -0.671. The minimum Gasteiger partial charge on any atom is -1.00 e. The molecule has 0 aliphatic rings. The van der Waals surface area contributed by atoms with E-state index >= 15 is 0 Å². The molecule has 0 N–H and O–H groups in total. The van der Waals surface area contributed by atoms with Crippen molar-refractivity contribution in [2.75, 3.05) is 14.2 Å². The predicted octanol–water partition coefficient (Wildman–Crippen LogP) is 0.969. The smallest absolute Gasteiger partial charge is 0.340 e. The first kappa shape index (κ1) is 25.4. The Morgan fingerprint density at radius 2 is 1.59 bits per heavy atom. The molecule has 34 heavy (non-hydrogen) atoms. The average Bonchev–Trinajstić information content (AvgIpc) is 3.23. The number of benzene rings is 1. The lowest BCUT2D eigenvalue weighted by Gasteiger charge is -2.07. The van der Waals surface area contributed by atoms with Crippen LogP contribution in [0.25, 0.3) is 5.52 Å². The van der Waals surface area contributed by atoms with Gasteiger partial charge in [-0.2, -0.15) is 0 Å². The molecule has 0 fully saturated rings. The Morgan fingerprint density at radius 1 is 0.912 bits per heavy atom. The Kier molecular flexibility index (Phi) is 8.44. The van der Waals surface area contributed by atoms with Gasteiger partial charge in [-0.15, -0.1) is 0 Å². The summed E-state index contributed by atoms with van der Waals surface area (Å²) in [6.07, 6.45) is 8.77. The maximum atomic E-state index is 13.2. The van der Waals surface area contributed by atoms with Gasteiger partial charge in [0.05, 0.1) is 31.0 Å². The summed E-state index contributed by atoms with van der Waals surface area (Å²) in [6.45, 7) is 0. The fourth-order valence-electron chi connectivity index (χ4n) is 3.93. The second kappa shape index (κ2) is 11.3. The summed E-state index contributed by atoms with van der Waals surface area (Å²) in [5.74, 6) is 0.0410. The van der Waals surface area contributed by atoms with E-state index in [-0.39, 0.29) is 29.8 Å². The fraction of sp³-hybridized carbons (Fsp3) is 0.222. The molecule has 0 saturated heterocycles. The number of hydrogen-bond acceptors (Lipinski definition) is 4. The van der Waals surface area contributed by atoms with E-state index in [4.69, 9.17) is 9.47 Å². The van der Waals surface area contributed by atoms with Crippen LogP contribution < -0.4 is 33.3 Å². The molecule has 0 spiro atoms. The number of halogens is 1. The number of carbonyl (C=O) groups is 2. The summed E-state index contributed by atoms with van der Waals surface area (Å²) < 4.78 is 13.9. The summed E-state index contributed by atoms with van der Waals surface area (Å²) in [4.78, 5) is 25.7. The van der Waals surface area contributed by atoms with Gasteiger partial charge in [-0.25, -0.2) is 9.36 Å². The molecule has 4 rings (SSSR count). The quantitative estimate of drug-likeness (QED) is 0.137. The molecule has 0 atom stereocenters. The Labute approximate surface area is 216 Å². The van der Waals surface area contributed by atoms with Crippen LogP contribution in [0.15, 0.2) is 73.2 Å². The van der Waals surface area contributed by atoms with E-state index in [9.17, 15) is 9.59 Å². The second-order valence-electron chi connectivity index (χ2n) is 8.01. The number of aromatic nitrogens is 2. The Morgan fingerprint density at radius 3 is 2.24 bits per heavy atom.